The summed E-state index contributed by atoms with van der Waals surface area (Å²) in [5.74, 6) is 0.321. The highest BCUT2D eigenvalue weighted by molar-refractivity contribution is 5.93. The Balaban J connectivity index is 1.84. The summed E-state index contributed by atoms with van der Waals surface area (Å²) >= 11 is 0. The highest BCUT2D eigenvalue weighted by Gasteiger charge is 2.19. The molecule has 1 aromatic carbocycles. The van der Waals surface area contributed by atoms with Crippen LogP contribution in [-0.4, -0.2) is 67.9 Å². The number of anilines is 1. The average molecular weight is 332 g/mol. The van der Waals surface area contributed by atoms with Crippen molar-refractivity contribution in [3.63, 3.8) is 0 Å². The van der Waals surface area contributed by atoms with E-state index < -0.39 is 0 Å². The molecule has 0 unspecified atom stereocenters. The summed E-state index contributed by atoms with van der Waals surface area (Å²) in [6.07, 6.45) is 0. The number of hydrogen-bond acceptors (Lipinski definition) is 4. The number of carbonyl (C=O) groups excluding carboxylic acids is 2. The number of hydrogen-bond donors (Lipinski definition) is 2. The van der Waals surface area contributed by atoms with E-state index in [1.807, 2.05) is 29.2 Å². The number of para-hydroxylation sites is 1. The molecule has 6 nitrogen and oxygen atoms in total. The van der Waals surface area contributed by atoms with Crippen molar-refractivity contribution in [2.24, 2.45) is 0 Å². The fraction of sp³-hybridized carbons (Fsp3) is 0.556. The molecule has 24 heavy (non-hydrogen) atoms. The summed E-state index contributed by atoms with van der Waals surface area (Å²) in [4.78, 5) is 28.1. The van der Waals surface area contributed by atoms with Crippen molar-refractivity contribution in [2.45, 2.75) is 19.8 Å². The Morgan fingerprint density at radius 3 is 2.54 bits per heavy atom. The lowest BCUT2D eigenvalue weighted by Gasteiger charge is -2.29. The number of amides is 2. The maximum atomic E-state index is 12.3. The molecule has 1 saturated heterocycles. The average Bonchev–Trinajstić information content (AvgIpc) is 2.55. The van der Waals surface area contributed by atoms with Crippen LogP contribution in [0.15, 0.2) is 24.3 Å². The minimum absolute atomic E-state index is 0.0781. The monoisotopic (exact) mass is 332 g/mol. The van der Waals surface area contributed by atoms with E-state index in [2.05, 4.69) is 24.5 Å². The molecule has 2 N–H and O–H groups in total. The van der Waals surface area contributed by atoms with Gasteiger partial charge in [0.05, 0.1) is 13.1 Å². The third kappa shape index (κ3) is 5.32. The second kappa shape index (κ2) is 8.80. The number of likely N-dealkylation sites (N-methyl/N-ethyl adjacent to an activating group) is 1. The molecule has 0 saturated carbocycles. The first-order chi connectivity index (χ1) is 11.5. The quantitative estimate of drug-likeness (QED) is 0.819. The van der Waals surface area contributed by atoms with Gasteiger partial charge in [0.2, 0.25) is 11.8 Å². The van der Waals surface area contributed by atoms with Gasteiger partial charge in [0, 0.05) is 31.9 Å². The molecule has 0 aliphatic carbocycles. The number of piperazine rings is 1. The van der Waals surface area contributed by atoms with Gasteiger partial charge in [-0.15, -0.1) is 0 Å². The van der Waals surface area contributed by atoms with E-state index in [1.165, 1.54) is 0 Å². The molecule has 2 amide bonds. The molecule has 0 radical (unpaired) electrons. The van der Waals surface area contributed by atoms with Crippen LogP contribution in [0, 0.1) is 0 Å². The van der Waals surface area contributed by atoms with E-state index in [4.69, 9.17) is 0 Å². The zero-order valence-electron chi connectivity index (χ0n) is 14.8. The maximum absolute atomic E-state index is 12.3. The van der Waals surface area contributed by atoms with Crippen LogP contribution in [0.25, 0.3) is 0 Å². The number of carbonyl (C=O) groups is 2. The Labute approximate surface area is 144 Å². The number of nitrogens with one attached hydrogen (secondary N) is 2. The molecule has 6 heteroatoms. The lowest BCUT2D eigenvalue weighted by Crippen LogP contribution is -2.49. The van der Waals surface area contributed by atoms with Gasteiger partial charge in [-0.2, -0.15) is 0 Å². The van der Waals surface area contributed by atoms with Crippen LogP contribution in [0.5, 0.6) is 0 Å². The third-order valence-electron chi connectivity index (χ3n) is 4.15. The third-order valence-corrected chi connectivity index (χ3v) is 4.15. The van der Waals surface area contributed by atoms with Gasteiger partial charge in [-0.3, -0.25) is 14.5 Å². The number of benzene rings is 1. The van der Waals surface area contributed by atoms with E-state index in [9.17, 15) is 9.59 Å². The fourth-order valence-corrected chi connectivity index (χ4v) is 2.85. The van der Waals surface area contributed by atoms with Crippen LogP contribution >= 0.6 is 0 Å². The molecular formula is C18H28N4O2. The lowest BCUT2D eigenvalue weighted by molar-refractivity contribution is -0.133. The maximum Gasteiger partial charge on any atom is 0.238 e. The molecule has 1 fully saturated rings. The number of rotatable bonds is 6. The SMILES string of the molecule is CC(C)c1ccccc1NC(=O)CN(C)CC(=O)N1CCNCC1. The first kappa shape index (κ1) is 18.4. The molecule has 1 aliphatic rings. The van der Waals surface area contributed by atoms with Gasteiger partial charge >= 0.3 is 0 Å². The van der Waals surface area contributed by atoms with Crippen LogP contribution in [0.4, 0.5) is 5.69 Å². The Hall–Kier alpha value is -1.92. The van der Waals surface area contributed by atoms with Crippen molar-refractivity contribution in [2.75, 3.05) is 51.6 Å². The summed E-state index contributed by atoms with van der Waals surface area (Å²) in [7, 11) is 1.80. The Morgan fingerprint density at radius 2 is 1.88 bits per heavy atom. The molecule has 1 aliphatic heterocycles. The van der Waals surface area contributed by atoms with Crippen molar-refractivity contribution in [3.05, 3.63) is 29.8 Å². The van der Waals surface area contributed by atoms with Gasteiger partial charge in [-0.25, -0.2) is 0 Å². The summed E-state index contributed by atoms with van der Waals surface area (Å²) in [6, 6.07) is 7.83. The van der Waals surface area contributed by atoms with Crippen molar-refractivity contribution >= 4 is 17.5 Å². The summed E-state index contributed by atoms with van der Waals surface area (Å²) in [6.45, 7) is 7.81. The van der Waals surface area contributed by atoms with E-state index in [-0.39, 0.29) is 24.9 Å². The first-order valence-corrected chi connectivity index (χ1v) is 8.53. The second-order valence-electron chi connectivity index (χ2n) is 6.59. The Bertz CT molecular complexity index is 568. The van der Waals surface area contributed by atoms with Crippen molar-refractivity contribution in [3.8, 4) is 0 Å². The normalized spacial score (nSPS) is 15.0. The zero-order valence-corrected chi connectivity index (χ0v) is 14.8. The van der Waals surface area contributed by atoms with Crippen LogP contribution in [0.1, 0.15) is 25.3 Å². The zero-order chi connectivity index (χ0) is 17.5. The Morgan fingerprint density at radius 1 is 1.21 bits per heavy atom. The molecule has 0 bridgehead atoms. The van der Waals surface area contributed by atoms with E-state index in [1.54, 1.807) is 11.9 Å². The van der Waals surface area contributed by atoms with Gasteiger partial charge in [0.15, 0.2) is 0 Å². The smallest absolute Gasteiger partial charge is 0.238 e. The first-order valence-electron chi connectivity index (χ1n) is 8.53. The van der Waals surface area contributed by atoms with Gasteiger partial charge in [0.1, 0.15) is 0 Å². The van der Waals surface area contributed by atoms with Crippen LogP contribution in [-0.2, 0) is 9.59 Å². The standard InChI is InChI=1S/C18H28N4O2/c1-14(2)15-6-4-5-7-16(15)20-17(23)12-21(3)13-18(24)22-10-8-19-9-11-22/h4-7,14,19H,8-13H2,1-3H3,(H,20,23). The van der Waals surface area contributed by atoms with Crippen LogP contribution in [0.2, 0.25) is 0 Å². The van der Waals surface area contributed by atoms with Crippen molar-refractivity contribution in [1.82, 2.24) is 15.1 Å². The molecule has 0 spiro atoms. The van der Waals surface area contributed by atoms with Crippen molar-refractivity contribution in [1.29, 1.82) is 0 Å². The molecular weight excluding hydrogens is 304 g/mol. The number of nitrogens with zero attached hydrogens (tertiary/aromatic N) is 2. The summed E-state index contributed by atoms with van der Waals surface area (Å²) in [5.41, 5.74) is 1.96. The molecule has 0 aromatic heterocycles. The predicted octanol–water partition coefficient (Wildman–Crippen LogP) is 1.11. The molecule has 1 aromatic rings. The van der Waals surface area contributed by atoms with E-state index in [0.29, 0.717) is 5.92 Å². The minimum atomic E-state index is -0.0984. The molecule has 132 valence electrons. The summed E-state index contributed by atoms with van der Waals surface area (Å²) < 4.78 is 0. The van der Waals surface area contributed by atoms with Gasteiger partial charge in [-0.1, -0.05) is 32.0 Å². The molecule has 1 heterocycles. The molecule has 2 rings (SSSR count). The topological polar surface area (TPSA) is 64.7 Å². The van der Waals surface area contributed by atoms with E-state index in [0.717, 1.165) is 37.4 Å². The van der Waals surface area contributed by atoms with Gasteiger partial charge < -0.3 is 15.5 Å². The van der Waals surface area contributed by atoms with Gasteiger partial charge in [-0.05, 0) is 24.6 Å². The van der Waals surface area contributed by atoms with Crippen LogP contribution < -0.4 is 10.6 Å². The van der Waals surface area contributed by atoms with Gasteiger partial charge in [0.25, 0.3) is 0 Å². The summed E-state index contributed by atoms with van der Waals surface area (Å²) in [5, 5.41) is 6.19. The second-order valence-corrected chi connectivity index (χ2v) is 6.59. The minimum Gasteiger partial charge on any atom is -0.339 e. The highest BCUT2D eigenvalue weighted by Crippen LogP contribution is 2.23. The largest absolute Gasteiger partial charge is 0.339 e. The highest BCUT2D eigenvalue weighted by atomic mass is 16.2. The van der Waals surface area contributed by atoms with Crippen molar-refractivity contribution < 1.29 is 9.59 Å². The predicted molar refractivity (Wildman–Crippen MR) is 96.1 cm³/mol. The van der Waals surface area contributed by atoms with E-state index >= 15 is 0 Å². The lowest BCUT2D eigenvalue weighted by atomic mass is 10.0. The fourth-order valence-electron chi connectivity index (χ4n) is 2.85. The molecule has 0 atom stereocenters. The Kier molecular flexibility index (Phi) is 6.75. The van der Waals surface area contributed by atoms with Crippen LogP contribution in [0.3, 0.4) is 0 Å².